The average molecular weight is 889 g/mol. The molecule has 0 rings (SSSR count). The van der Waals surface area contributed by atoms with Gasteiger partial charge in [0.1, 0.15) is 13.2 Å². The van der Waals surface area contributed by atoms with Crippen LogP contribution in [0, 0.1) is 0 Å². The van der Waals surface area contributed by atoms with Crippen molar-refractivity contribution >= 4 is 17.9 Å². The van der Waals surface area contributed by atoms with Crippen molar-refractivity contribution in [2.24, 2.45) is 0 Å². The Balaban J connectivity index is 4.53. The third kappa shape index (κ3) is 49.3. The normalized spacial score (nSPS) is 12.9. The van der Waals surface area contributed by atoms with Crippen LogP contribution >= 0.6 is 0 Å². The van der Waals surface area contributed by atoms with Crippen molar-refractivity contribution in [3.8, 4) is 0 Å². The predicted molar refractivity (Wildman–Crippen MR) is 274 cm³/mol. The molecule has 0 aliphatic carbocycles. The molecule has 0 radical (unpaired) electrons. The van der Waals surface area contributed by atoms with Gasteiger partial charge in [0.05, 0.1) is 0 Å². The summed E-state index contributed by atoms with van der Waals surface area (Å²) in [6.07, 6.45) is 68.2. The van der Waals surface area contributed by atoms with Gasteiger partial charge in [-0.05, 0) is 103 Å². The molecule has 0 aliphatic rings. The molecule has 0 amide bonds. The van der Waals surface area contributed by atoms with Gasteiger partial charge < -0.3 is 14.2 Å². The van der Waals surface area contributed by atoms with E-state index in [1.807, 2.05) is 12.2 Å². The van der Waals surface area contributed by atoms with Crippen LogP contribution in [0.3, 0.4) is 0 Å². The van der Waals surface area contributed by atoms with Crippen molar-refractivity contribution in [2.45, 2.75) is 239 Å². The molecule has 6 heteroatoms. The third-order valence-electron chi connectivity index (χ3n) is 10.8. The van der Waals surface area contributed by atoms with E-state index in [2.05, 4.69) is 106 Å². The monoisotopic (exact) mass is 889 g/mol. The number of hydrogen-bond acceptors (Lipinski definition) is 6. The Morgan fingerprint density at radius 3 is 1.17 bits per heavy atom. The Morgan fingerprint density at radius 2 is 0.688 bits per heavy atom. The number of carbonyl (C=O) groups is 3. The lowest BCUT2D eigenvalue weighted by atomic mass is 10.1. The maximum atomic E-state index is 12.8. The number of allylic oxidation sites excluding steroid dienone is 16. The summed E-state index contributed by atoms with van der Waals surface area (Å²) in [5, 5.41) is 0. The Bertz CT molecular complexity index is 1300. The third-order valence-corrected chi connectivity index (χ3v) is 10.8. The Labute approximate surface area is 394 Å². The first-order valence-corrected chi connectivity index (χ1v) is 26.3. The van der Waals surface area contributed by atoms with Crippen LogP contribution in [0.15, 0.2) is 97.2 Å². The molecule has 0 bridgehead atoms. The minimum atomic E-state index is -0.816. The van der Waals surface area contributed by atoms with E-state index in [4.69, 9.17) is 14.2 Å². The molecule has 0 spiro atoms. The Morgan fingerprint density at radius 1 is 0.344 bits per heavy atom. The standard InChI is InChI=1S/C58H96O6/c1-4-7-10-13-16-19-22-25-28-31-33-36-39-42-45-48-51-57(60)63-54-55(64-58(61)52-49-46-43-40-37-34-30-27-24-21-18-15-12-9-6-3)53-62-56(59)50-47-44-41-38-35-32-29-26-23-20-17-14-11-8-5-2/h7,10,16,18-21,23-25,27-28,33,36,42,45,55H,4-6,8-9,11-15,17,22,26,29-32,34-35,37-41,43-44,46-54H2,1-3H3/b10-7-,19-16-,21-18-,23-20-,27-24-,28-25-,36-33-,45-42-. The smallest absolute Gasteiger partial charge is 0.306 e. The molecule has 0 N–H and O–H groups in total. The van der Waals surface area contributed by atoms with E-state index in [1.165, 1.54) is 103 Å². The molecule has 0 aliphatic heterocycles. The van der Waals surface area contributed by atoms with Crippen LogP contribution in [0.2, 0.25) is 0 Å². The summed E-state index contributed by atoms with van der Waals surface area (Å²) in [5.41, 5.74) is 0. The van der Waals surface area contributed by atoms with Gasteiger partial charge in [-0.3, -0.25) is 14.4 Å². The van der Waals surface area contributed by atoms with Gasteiger partial charge in [0.15, 0.2) is 6.10 Å². The van der Waals surface area contributed by atoms with Crippen molar-refractivity contribution in [1.82, 2.24) is 0 Å². The molecule has 0 saturated carbocycles. The quantitative estimate of drug-likeness (QED) is 0.0199. The molecule has 1 atom stereocenters. The van der Waals surface area contributed by atoms with Crippen LogP contribution in [-0.4, -0.2) is 37.2 Å². The van der Waals surface area contributed by atoms with Crippen LogP contribution in [-0.2, 0) is 28.6 Å². The first kappa shape index (κ1) is 60.3. The second-order valence-corrected chi connectivity index (χ2v) is 17.1. The highest BCUT2D eigenvalue weighted by molar-refractivity contribution is 5.71. The number of hydrogen-bond donors (Lipinski definition) is 0. The molecular formula is C58H96O6. The highest BCUT2D eigenvalue weighted by atomic mass is 16.6. The van der Waals surface area contributed by atoms with Gasteiger partial charge in [-0.15, -0.1) is 0 Å². The molecule has 1 unspecified atom stereocenters. The fraction of sp³-hybridized carbons (Fsp3) is 0.672. The zero-order valence-corrected chi connectivity index (χ0v) is 41.5. The van der Waals surface area contributed by atoms with Crippen LogP contribution in [0.5, 0.6) is 0 Å². The SMILES string of the molecule is CC/C=C\C/C=C\C/C=C\C/C=C\C/C=C\CCC(=O)OCC(COC(=O)CCCCCCCCC/C=C\CCCCCC)OC(=O)CCCCCCCC/C=C\C=C/CCCCC. The summed E-state index contributed by atoms with van der Waals surface area (Å²) in [7, 11) is 0. The lowest BCUT2D eigenvalue weighted by Gasteiger charge is -2.18. The number of ether oxygens (including phenoxy) is 3. The average Bonchev–Trinajstić information content (AvgIpc) is 3.29. The number of unbranched alkanes of at least 4 members (excludes halogenated alkanes) is 20. The minimum Gasteiger partial charge on any atom is -0.462 e. The van der Waals surface area contributed by atoms with Crippen molar-refractivity contribution in [3.63, 3.8) is 0 Å². The van der Waals surface area contributed by atoms with Gasteiger partial charge in [-0.1, -0.05) is 208 Å². The highest BCUT2D eigenvalue weighted by Crippen LogP contribution is 2.13. The lowest BCUT2D eigenvalue weighted by molar-refractivity contribution is -0.166. The van der Waals surface area contributed by atoms with E-state index in [0.29, 0.717) is 19.3 Å². The van der Waals surface area contributed by atoms with Crippen LogP contribution in [0.1, 0.15) is 233 Å². The van der Waals surface area contributed by atoms with Gasteiger partial charge in [-0.2, -0.15) is 0 Å². The topological polar surface area (TPSA) is 78.9 Å². The van der Waals surface area contributed by atoms with Crippen molar-refractivity contribution in [2.75, 3.05) is 13.2 Å². The van der Waals surface area contributed by atoms with Crippen molar-refractivity contribution in [1.29, 1.82) is 0 Å². The van der Waals surface area contributed by atoms with Gasteiger partial charge >= 0.3 is 17.9 Å². The highest BCUT2D eigenvalue weighted by Gasteiger charge is 2.19. The molecule has 0 heterocycles. The molecule has 64 heavy (non-hydrogen) atoms. The Kier molecular flexibility index (Phi) is 49.0. The molecule has 0 fully saturated rings. The van der Waals surface area contributed by atoms with E-state index in [1.54, 1.807) is 0 Å². The zero-order chi connectivity index (χ0) is 46.5. The summed E-state index contributed by atoms with van der Waals surface area (Å²) in [5.74, 6) is -1.01. The minimum absolute atomic E-state index is 0.108. The van der Waals surface area contributed by atoms with E-state index in [0.717, 1.165) is 83.5 Å². The molecular weight excluding hydrogens is 793 g/mol. The first-order chi connectivity index (χ1) is 31.5. The summed E-state index contributed by atoms with van der Waals surface area (Å²) in [4.78, 5) is 38.0. The van der Waals surface area contributed by atoms with Gasteiger partial charge in [0.25, 0.3) is 0 Å². The zero-order valence-electron chi connectivity index (χ0n) is 41.5. The predicted octanol–water partition coefficient (Wildman–Crippen LogP) is 17.4. The fourth-order valence-electron chi connectivity index (χ4n) is 6.89. The van der Waals surface area contributed by atoms with Crippen LogP contribution < -0.4 is 0 Å². The van der Waals surface area contributed by atoms with Gasteiger partial charge in [-0.25, -0.2) is 0 Å². The first-order valence-electron chi connectivity index (χ1n) is 26.3. The molecule has 0 aromatic heterocycles. The second kappa shape index (κ2) is 52.0. The summed E-state index contributed by atoms with van der Waals surface area (Å²) in [6, 6.07) is 0. The van der Waals surface area contributed by atoms with Gasteiger partial charge in [0, 0.05) is 19.3 Å². The Hall–Kier alpha value is -3.67. The van der Waals surface area contributed by atoms with Crippen LogP contribution in [0.4, 0.5) is 0 Å². The van der Waals surface area contributed by atoms with Crippen LogP contribution in [0.25, 0.3) is 0 Å². The molecule has 6 nitrogen and oxygen atoms in total. The van der Waals surface area contributed by atoms with E-state index in [-0.39, 0.29) is 37.5 Å². The number of rotatable bonds is 46. The lowest BCUT2D eigenvalue weighted by Crippen LogP contribution is -2.30. The number of carbonyl (C=O) groups excluding carboxylic acids is 3. The van der Waals surface area contributed by atoms with E-state index < -0.39 is 6.10 Å². The summed E-state index contributed by atoms with van der Waals surface area (Å²) >= 11 is 0. The fourth-order valence-corrected chi connectivity index (χ4v) is 6.89. The van der Waals surface area contributed by atoms with E-state index in [9.17, 15) is 14.4 Å². The van der Waals surface area contributed by atoms with Crippen molar-refractivity contribution in [3.05, 3.63) is 97.2 Å². The van der Waals surface area contributed by atoms with Gasteiger partial charge in [0.2, 0.25) is 0 Å². The maximum absolute atomic E-state index is 12.8. The maximum Gasteiger partial charge on any atom is 0.306 e. The summed E-state index contributed by atoms with van der Waals surface area (Å²) < 4.78 is 16.7. The molecule has 364 valence electrons. The molecule has 0 aromatic carbocycles. The molecule has 0 aromatic rings. The summed E-state index contributed by atoms with van der Waals surface area (Å²) in [6.45, 7) is 6.40. The number of esters is 3. The second-order valence-electron chi connectivity index (χ2n) is 17.1. The van der Waals surface area contributed by atoms with E-state index >= 15 is 0 Å². The van der Waals surface area contributed by atoms with Crippen molar-refractivity contribution < 1.29 is 28.6 Å². The largest absolute Gasteiger partial charge is 0.462 e. The molecule has 0 saturated heterocycles.